The van der Waals surface area contributed by atoms with Gasteiger partial charge in [-0.2, -0.15) is 0 Å². The molecule has 2 N–H and O–H groups in total. The summed E-state index contributed by atoms with van der Waals surface area (Å²) in [4.78, 5) is 7.13. The molecule has 0 bridgehead atoms. The molecule has 1 aromatic carbocycles. The van der Waals surface area contributed by atoms with Crippen molar-refractivity contribution in [3.63, 3.8) is 0 Å². The van der Waals surface area contributed by atoms with E-state index in [2.05, 4.69) is 9.97 Å². The number of halogens is 1. The van der Waals surface area contributed by atoms with Gasteiger partial charge in [0, 0.05) is 17.1 Å². The molecule has 148 valence electrons. The van der Waals surface area contributed by atoms with Gasteiger partial charge in [-0.05, 0) is 54.4 Å². The first-order valence-corrected chi connectivity index (χ1v) is 11.1. The van der Waals surface area contributed by atoms with Crippen molar-refractivity contribution >= 4 is 33.6 Å². The van der Waals surface area contributed by atoms with Crippen LogP contribution < -0.4 is 4.65 Å². The van der Waals surface area contributed by atoms with Gasteiger partial charge in [0.25, 0.3) is 0 Å². The van der Waals surface area contributed by atoms with Crippen LogP contribution in [0.15, 0.2) is 53.6 Å². The van der Waals surface area contributed by atoms with E-state index < -0.39 is 22.8 Å². The minimum atomic E-state index is -3.69. The largest absolute Gasteiger partial charge is 0.552 e. The monoisotopic (exact) mass is 412 g/mol. The topological polar surface area (TPSA) is 92.3 Å². The van der Waals surface area contributed by atoms with Crippen molar-refractivity contribution in [2.75, 3.05) is 5.75 Å². The SMILES string of the molecule is O=S(=O)(CC1CC(C2=CB(O)Oc3cnc4[nH]ccc4c32)C1)c1ccccc1F. The molecular formula is C20H18BFN2O4S. The highest BCUT2D eigenvalue weighted by molar-refractivity contribution is 7.91. The first-order chi connectivity index (χ1) is 13.9. The van der Waals surface area contributed by atoms with Crippen LogP contribution in [0.1, 0.15) is 18.4 Å². The van der Waals surface area contributed by atoms with E-state index in [0.717, 1.165) is 28.2 Å². The van der Waals surface area contributed by atoms with Crippen molar-refractivity contribution in [3.05, 3.63) is 60.1 Å². The average molecular weight is 412 g/mol. The highest BCUT2D eigenvalue weighted by Gasteiger charge is 2.39. The normalized spacial score (nSPS) is 21.3. The third-order valence-corrected chi connectivity index (χ3v) is 7.62. The van der Waals surface area contributed by atoms with Crippen LogP contribution >= 0.6 is 0 Å². The molecule has 9 heteroatoms. The van der Waals surface area contributed by atoms with Gasteiger partial charge in [0.2, 0.25) is 0 Å². The van der Waals surface area contributed by atoms with Gasteiger partial charge in [0.1, 0.15) is 22.1 Å². The van der Waals surface area contributed by atoms with E-state index >= 15 is 0 Å². The first kappa shape index (κ1) is 18.4. The summed E-state index contributed by atoms with van der Waals surface area (Å²) in [5.41, 5.74) is 2.57. The van der Waals surface area contributed by atoms with Gasteiger partial charge in [-0.15, -0.1) is 0 Å². The second-order valence-corrected chi connectivity index (χ2v) is 9.62. The number of H-pyrrole nitrogens is 1. The number of benzene rings is 1. The molecule has 0 radical (unpaired) electrons. The fourth-order valence-corrected chi connectivity index (χ4v) is 6.06. The lowest BCUT2D eigenvalue weighted by Gasteiger charge is -2.38. The molecule has 3 aromatic rings. The lowest BCUT2D eigenvalue weighted by Crippen LogP contribution is -2.33. The van der Waals surface area contributed by atoms with E-state index in [1.807, 2.05) is 6.07 Å². The zero-order valence-corrected chi connectivity index (χ0v) is 16.2. The van der Waals surface area contributed by atoms with E-state index in [0.29, 0.717) is 18.6 Å². The van der Waals surface area contributed by atoms with Crippen molar-refractivity contribution in [1.29, 1.82) is 0 Å². The van der Waals surface area contributed by atoms with Gasteiger partial charge in [-0.25, -0.2) is 17.8 Å². The summed E-state index contributed by atoms with van der Waals surface area (Å²) in [6.45, 7) is 0. The third kappa shape index (κ3) is 3.14. The molecule has 0 saturated heterocycles. The Kier molecular flexibility index (Phi) is 4.25. The maximum Gasteiger partial charge on any atom is 0.552 e. The maximum atomic E-state index is 13.9. The maximum absolute atomic E-state index is 13.9. The number of allylic oxidation sites excluding steroid dienone is 1. The van der Waals surface area contributed by atoms with Gasteiger partial charge in [0.05, 0.1) is 11.9 Å². The predicted octanol–water partition coefficient (Wildman–Crippen LogP) is 3.00. The zero-order valence-electron chi connectivity index (χ0n) is 15.4. The number of hydrogen-bond donors (Lipinski definition) is 2. The van der Waals surface area contributed by atoms with E-state index in [4.69, 9.17) is 4.65 Å². The number of sulfone groups is 1. The van der Waals surface area contributed by atoms with Gasteiger partial charge in [-0.3, -0.25) is 0 Å². The Hall–Kier alpha value is -2.65. The lowest BCUT2D eigenvalue weighted by atomic mass is 9.66. The van der Waals surface area contributed by atoms with Crippen molar-refractivity contribution in [2.24, 2.45) is 11.8 Å². The van der Waals surface area contributed by atoms with Crippen LogP contribution in [0.5, 0.6) is 5.75 Å². The summed E-state index contributed by atoms with van der Waals surface area (Å²) in [6.07, 6.45) is 4.69. The summed E-state index contributed by atoms with van der Waals surface area (Å²) in [5, 5.41) is 11.0. The number of nitrogens with zero attached hydrogens (tertiary/aromatic N) is 1. The first-order valence-electron chi connectivity index (χ1n) is 9.42. The highest BCUT2D eigenvalue weighted by atomic mass is 32.2. The smallest absolute Gasteiger partial charge is 0.531 e. The van der Waals surface area contributed by atoms with Crippen LogP contribution in [0.25, 0.3) is 16.6 Å². The Labute approximate surface area is 167 Å². The van der Waals surface area contributed by atoms with Gasteiger partial charge in [-0.1, -0.05) is 12.1 Å². The molecule has 2 aliphatic rings. The summed E-state index contributed by atoms with van der Waals surface area (Å²) in [5.74, 6) is 1.45. The average Bonchev–Trinajstić information content (AvgIpc) is 3.12. The van der Waals surface area contributed by atoms with Crippen molar-refractivity contribution in [2.45, 2.75) is 17.7 Å². The second kappa shape index (κ2) is 6.71. The van der Waals surface area contributed by atoms with E-state index in [1.54, 1.807) is 18.4 Å². The zero-order chi connectivity index (χ0) is 20.2. The predicted molar refractivity (Wildman–Crippen MR) is 107 cm³/mol. The molecule has 29 heavy (non-hydrogen) atoms. The van der Waals surface area contributed by atoms with E-state index in [1.165, 1.54) is 18.2 Å². The Morgan fingerprint density at radius 2 is 2.07 bits per heavy atom. The molecule has 1 saturated carbocycles. The number of aromatic amines is 1. The van der Waals surface area contributed by atoms with Gasteiger partial charge >= 0.3 is 7.12 Å². The minimum Gasteiger partial charge on any atom is -0.531 e. The van der Waals surface area contributed by atoms with Crippen LogP contribution in [-0.2, 0) is 9.84 Å². The molecule has 0 unspecified atom stereocenters. The number of nitrogens with one attached hydrogen (secondary N) is 1. The number of fused-ring (bicyclic) bond motifs is 3. The molecule has 6 nitrogen and oxygen atoms in total. The number of pyridine rings is 1. The van der Waals surface area contributed by atoms with Crippen molar-refractivity contribution in [1.82, 2.24) is 9.97 Å². The number of hydrogen-bond acceptors (Lipinski definition) is 5. The summed E-state index contributed by atoms with van der Waals surface area (Å²) < 4.78 is 44.6. The molecule has 1 aliphatic carbocycles. The van der Waals surface area contributed by atoms with Gasteiger partial charge < -0.3 is 14.7 Å². The Balaban J connectivity index is 1.38. The second-order valence-electron chi connectivity index (χ2n) is 7.61. The van der Waals surface area contributed by atoms with Crippen LogP contribution in [0.4, 0.5) is 4.39 Å². The standard InChI is InChI=1S/C20H18BFN2O4S/c22-16-3-1-2-4-18(16)29(26,27)11-12-7-13(8-12)15-9-21(25)28-17-10-24-20-14(19(15)17)5-6-23-20/h1-6,9-10,12-13,25H,7-8,11H2,(H,23,24). The molecule has 0 spiro atoms. The van der Waals surface area contributed by atoms with Crippen LogP contribution in [-0.4, -0.2) is 36.3 Å². The van der Waals surface area contributed by atoms with Crippen LogP contribution in [0.2, 0.25) is 0 Å². The van der Waals surface area contributed by atoms with E-state index in [9.17, 15) is 17.8 Å². The Morgan fingerprint density at radius 1 is 1.28 bits per heavy atom. The lowest BCUT2D eigenvalue weighted by molar-refractivity contribution is 0.272. The molecule has 0 amide bonds. The Morgan fingerprint density at radius 3 is 2.86 bits per heavy atom. The summed E-state index contributed by atoms with van der Waals surface area (Å²) in [6, 6.07) is 7.39. The Bertz CT molecular complexity index is 1230. The number of rotatable bonds is 4. The minimum absolute atomic E-state index is 0.0579. The van der Waals surface area contributed by atoms with Crippen LogP contribution in [0, 0.1) is 17.7 Å². The molecule has 1 fully saturated rings. The molecule has 2 aromatic heterocycles. The van der Waals surface area contributed by atoms with E-state index in [-0.39, 0.29) is 22.5 Å². The fraction of sp³-hybridized carbons (Fsp3) is 0.250. The molecular weight excluding hydrogens is 394 g/mol. The molecule has 5 rings (SSSR count). The molecule has 3 heterocycles. The van der Waals surface area contributed by atoms with Gasteiger partial charge in [0.15, 0.2) is 9.84 Å². The van der Waals surface area contributed by atoms with Crippen molar-refractivity contribution < 1.29 is 22.5 Å². The summed E-state index contributed by atoms with van der Waals surface area (Å²) in [7, 11) is -4.74. The van der Waals surface area contributed by atoms with Crippen molar-refractivity contribution in [3.8, 4) is 5.75 Å². The molecule has 1 aliphatic heterocycles. The number of aromatic nitrogens is 2. The highest BCUT2D eigenvalue weighted by Crippen LogP contribution is 2.48. The fourth-order valence-electron chi connectivity index (χ4n) is 4.34. The van der Waals surface area contributed by atoms with Crippen LogP contribution in [0.3, 0.4) is 0 Å². The molecule has 0 atom stereocenters. The quantitative estimate of drug-likeness (QED) is 0.643. The third-order valence-electron chi connectivity index (χ3n) is 5.71. The summed E-state index contributed by atoms with van der Waals surface area (Å²) >= 11 is 0.